The molecule has 5 nitrogen and oxygen atoms in total. The number of hydrogen-bond donors (Lipinski definition) is 1. The molecular weight excluding hydrogens is 378 g/mol. The fraction of sp³-hybridized carbons (Fsp3) is 0.200. The normalized spacial score (nSPS) is 23.2. The molecule has 3 aromatic rings. The number of hydrogen-bond acceptors (Lipinski definition) is 5. The Labute approximate surface area is 175 Å². The minimum atomic E-state index is -1.97. The van der Waals surface area contributed by atoms with Crippen molar-refractivity contribution in [1.82, 2.24) is 0 Å². The second kappa shape index (κ2) is 8.13. The number of aliphatic hydroxyl groups is 1. The second-order valence-electron chi connectivity index (χ2n) is 7.41. The number of Topliss-reactive ketones (excluding diaryl/α,β-unsaturated/α-hetero) is 1. The van der Waals surface area contributed by atoms with E-state index < -0.39 is 23.7 Å². The Bertz CT molecular complexity index is 1020. The lowest BCUT2D eigenvalue weighted by Gasteiger charge is -2.36. The Morgan fingerprint density at radius 2 is 1.43 bits per heavy atom. The average Bonchev–Trinajstić information content (AvgIpc) is 3.14. The van der Waals surface area contributed by atoms with E-state index >= 15 is 0 Å². The van der Waals surface area contributed by atoms with Crippen LogP contribution in [0.5, 0.6) is 0 Å². The quantitative estimate of drug-likeness (QED) is 0.520. The van der Waals surface area contributed by atoms with Gasteiger partial charge >= 0.3 is 5.97 Å². The van der Waals surface area contributed by atoms with Crippen LogP contribution in [0.1, 0.15) is 28.3 Å². The number of rotatable bonds is 5. The van der Waals surface area contributed by atoms with Crippen LogP contribution >= 0.6 is 0 Å². The van der Waals surface area contributed by atoms with Crippen molar-refractivity contribution in [2.24, 2.45) is 0 Å². The van der Waals surface area contributed by atoms with Crippen LogP contribution in [0.4, 0.5) is 5.69 Å². The minimum absolute atomic E-state index is 0.0435. The van der Waals surface area contributed by atoms with Gasteiger partial charge in [0.15, 0.2) is 5.78 Å². The first-order valence-electron chi connectivity index (χ1n) is 9.85. The summed E-state index contributed by atoms with van der Waals surface area (Å²) in [5.41, 5.74) is 0.0234. The van der Waals surface area contributed by atoms with Crippen molar-refractivity contribution in [3.8, 4) is 0 Å². The molecule has 0 spiro atoms. The number of carbonyl (C=O) groups is 2. The van der Waals surface area contributed by atoms with Gasteiger partial charge in [-0.3, -0.25) is 4.79 Å². The lowest BCUT2D eigenvalue weighted by molar-refractivity contribution is -0.161. The summed E-state index contributed by atoms with van der Waals surface area (Å²) in [6, 6.07) is 26.7. The van der Waals surface area contributed by atoms with Crippen molar-refractivity contribution in [2.75, 3.05) is 12.0 Å². The van der Waals surface area contributed by atoms with Gasteiger partial charge in [-0.15, -0.1) is 0 Å². The van der Waals surface area contributed by atoms with Gasteiger partial charge in [-0.1, -0.05) is 78.9 Å². The van der Waals surface area contributed by atoms with E-state index in [0.29, 0.717) is 11.3 Å². The first kappa shape index (κ1) is 19.9. The largest absolute Gasteiger partial charge is 0.465 e. The van der Waals surface area contributed by atoms with Crippen molar-refractivity contribution in [1.29, 1.82) is 0 Å². The highest BCUT2D eigenvalue weighted by molar-refractivity contribution is 6.05. The highest BCUT2D eigenvalue weighted by Crippen LogP contribution is 2.46. The first-order chi connectivity index (χ1) is 14.6. The highest BCUT2D eigenvalue weighted by atomic mass is 16.5. The number of anilines is 1. The Morgan fingerprint density at radius 1 is 0.900 bits per heavy atom. The molecule has 1 heterocycles. The van der Waals surface area contributed by atoms with Gasteiger partial charge < -0.3 is 14.7 Å². The molecule has 1 saturated heterocycles. The number of carbonyl (C=O) groups excluding carboxylic acids is 2. The van der Waals surface area contributed by atoms with Crippen LogP contribution in [0.15, 0.2) is 91.0 Å². The molecule has 1 aliphatic heterocycles. The van der Waals surface area contributed by atoms with Crippen LogP contribution in [0.2, 0.25) is 0 Å². The van der Waals surface area contributed by atoms with Crippen LogP contribution in [0.25, 0.3) is 0 Å². The summed E-state index contributed by atoms with van der Waals surface area (Å²) in [7, 11) is 1.24. The summed E-state index contributed by atoms with van der Waals surface area (Å²) in [4.78, 5) is 28.0. The van der Waals surface area contributed by atoms with Gasteiger partial charge in [0.2, 0.25) is 5.72 Å². The zero-order valence-corrected chi connectivity index (χ0v) is 16.6. The number of nitrogens with zero attached hydrogens (tertiary/aromatic N) is 1. The number of para-hydroxylation sites is 1. The molecule has 5 heteroatoms. The summed E-state index contributed by atoms with van der Waals surface area (Å²) in [5, 5.41) is 11.6. The molecule has 0 unspecified atom stereocenters. The SMILES string of the molecule is COC(=O)[C@@]1(O)C[C@@H](c2ccccc2)[C@H](C(=O)c2ccccc2)N1c1ccccc1. The van der Waals surface area contributed by atoms with E-state index in [1.54, 1.807) is 36.4 Å². The molecule has 0 aliphatic carbocycles. The second-order valence-corrected chi connectivity index (χ2v) is 7.41. The fourth-order valence-corrected chi connectivity index (χ4v) is 4.31. The molecule has 0 amide bonds. The van der Waals surface area contributed by atoms with Crippen molar-refractivity contribution in [2.45, 2.75) is 24.1 Å². The molecule has 152 valence electrons. The van der Waals surface area contributed by atoms with Gasteiger partial charge in [-0.25, -0.2) is 4.79 Å². The standard InChI is InChI=1S/C25H23NO4/c1-30-24(28)25(29)17-21(18-11-5-2-6-12-18)22(23(27)19-13-7-3-8-14-19)26(25)20-15-9-4-10-16-20/h2-16,21-22,29H,17H2,1H3/t21-,22+,25-/m0/s1. The molecule has 4 rings (SSSR count). The maximum absolute atomic E-state index is 13.7. The number of benzene rings is 3. The molecule has 0 saturated carbocycles. The Morgan fingerprint density at radius 3 is 2.00 bits per heavy atom. The zero-order chi connectivity index (χ0) is 21.1. The molecule has 0 aromatic heterocycles. The van der Waals surface area contributed by atoms with E-state index in [-0.39, 0.29) is 12.2 Å². The van der Waals surface area contributed by atoms with Crippen molar-refractivity contribution in [3.05, 3.63) is 102 Å². The third-order valence-corrected chi connectivity index (χ3v) is 5.66. The van der Waals surface area contributed by atoms with E-state index in [2.05, 4.69) is 0 Å². The third kappa shape index (κ3) is 3.37. The van der Waals surface area contributed by atoms with Gasteiger partial charge in [0, 0.05) is 23.6 Å². The van der Waals surface area contributed by atoms with Gasteiger partial charge in [0.05, 0.1) is 7.11 Å². The van der Waals surface area contributed by atoms with E-state index in [1.165, 1.54) is 12.0 Å². The van der Waals surface area contributed by atoms with Crippen LogP contribution in [-0.2, 0) is 9.53 Å². The molecule has 3 aromatic carbocycles. The molecule has 1 fully saturated rings. The van der Waals surface area contributed by atoms with E-state index in [0.717, 1.165) is 5.56 Å². The highest BCUT2D eigenvalue weighted by Gasteiger charge is 2.58. The topological polar surface area (TPSA) is 66.8 Å². The number of esters is 1. The predicted octanol–water partition coefficient (Wildman–Crippen LogP) is 3.79. The lowest BCUT2D eigenvalue weighted by Crippen LogP contribution is -2.55. The summed E-state index contributed by atoms with van der Waals surface area (Å²) in [5.74, 6) is -1.34. The Hall–Kier alpha value is -3.44. The molecule has 1 aliphatic rings. The van der Waals surface area contributed by atoms with Gasteiger partial charge in [0.1, 0.15) is 6.04 Å². The third-order valence-electron chi connectivity index (χ3n) is 5.66. The molecule has 30 heavy (non-hydrogen) atoms. The summed E-state index contributed by atoms with van der Waals surface area (Å²) in [6.07, 6.45) is 0.0435. The Balaban J connectivity index is 1.91. The summed E-state index contributed by atoms with van der Waals surface area (Å²) < 4.78 is 4.96. The zero-order valence-electron chi connectivity index (χ0n) is 16.6. The van der Waals surface area contributed by atoms with E-state index in [1.807, 2.05) is 54.6 Å². The van der Waals surface area contributed by atoms with Gasteiger partial charge in [-0.2, -0.15) is 0 Å². The Kier molecular flexibility index (Phi) is 5.38. The molecule has 3 atom stereocenters. The maximum Gasteiger partial charge on any atom is 0.359 e. The van der Waals surface area contributed by atoms with Crippen LogP contribution < -0.4 is 4.90 Å². The van der Waals surface area contributed by atoms with Gasteiger partial charge in [0.25, 0.3) is 0 Å². The van der Waals surface area contributed by atoms with E-state index in [4.69, 9.17) is 4.74 Å². The fourth-order valence-electron chi connectivity index (χ4n) is 4.31. The summed E-state index contributed by atoms with van der Waals surface area (Å²) in [6.45, 7) is 0. The monoisotopic (exact) mass is 401 g/mol. The number of ketones is 1. The summed E-state index contributed by atoms with van der Waals surface area (Å²) >= 11 is 0. The van der Waals surface area contributed by atoms with Crippen molar-refractivity contribution >= 4 is 17.4 Å². The lowest BCUT2D eigenvalue weighted by atomic mass is 9.86. The van der Waals surface area contributed by atoms with Crippen molar-refractivity contribution in [3.63, 3.8) is 0 Å². The minimum Gasteiger partial charge on any atom is -0.465 e. The number of ether oxygens (including phenoxy) is 1. The van der Waals surface area contributed by atoms with Crippen LogP contribution in [0.3, 0.4) is 0 Å². The molecule has 0 bridgehead atoms. The van der Waals surface area contributed by atoms with Crippen LogP contribution in [-0.4, -0.2) is 35.7 Å². The van der Waals surface area contributed by atoms with Crippen molar-refractivity contribution < 1.29 is 19.4 Å². The van der Waals surface area contributed by atoms with Crippen LogP contribution in [0, 0.1) is 0 Å². The average molecular weight is 401 g/mol. The first-order valence-corrected chi connectivity index (χ1v) is 9.85. The molecule has 0 radical (unpaired) electrons. The molecule has 1 N–H and O–H groups in total. The number of methoxy groups -OCH3 is 1. The van der Waals surface area contributed by atoms with Gasteiger partial charge in [-0.05, 0) is 17.7 Å². The molecular formula is C25H23NO4. The maximum atomic E-state index is 13.7. The predicted molar refractivity (Wildman–Crippen MR) is 114 cm³/mol. The smallest absolute Gasteiger partial charge is 0.359 e. The van der Waals surface area contributed by atoms with E-state index in [9.17, 15) is 14.7 Å².